The second-order valence-electron chi connectivity index (χ2n) is 9.26. The molecule has 0 radical (unpaired) electrons. The van der Waals surface area contributed by atoms with Crippen molar-refractivity contribution in [3.63, 3.8) is 0 Å². The summed E-state index contributed by atoms with van der Waals surface area (Å²) in [5, 5.41) is 14.5. The molecule has 6 nitrogen and oxygen atoms in total. The number of carbonyl (C=O) groups excluding carboxylic acids is 1. The summed E-state index contributed by atoms with van der Waals surface area (Å²) < 4.78 is 5.98. The van der Waals surface area contributed by atoms with E-state index in [-0.39, 0.29) is 11.7 Å². The number of pyridine rings is 1. The van der Waals surface area contributed by atoms with Gasteiger partial charge in [0, 0.05) is 28.8 Å². The Bertz CT molecular complexity index is 1200. The van der Waals surface area contributed by atoms with Crippen LogP contribution in [0.5, 0.6) is 11.5 Å². The molecule has 2 N–H and O–H groups in total. The number of rotatable bonds is 6. The van der Waals surface area contributed by atoms with E-state index in [0.717, 1.165) is 53.5 Å². The Morgan fingerprint density at radius 1 is 1.22 bits per heavy atom. The molecule has 0 unspecified atom stereocenters. The Labute approximate surface area is 188 Å². The van der Waals surface area contributed by atoms with Gasteiger partial charge in [0.15, 0.2) is 0 Å². The van der Waals surface area contributed by atoms with Gasteiger partial charge < -0.3 is 15.2 Å². The molecule has 0 spiro atoms. The number of ether oxygens (including phenoxy) is 1. The molecule has 1 aliphatic heterocycles. The van der Waals surface area contributed by atoms with E-state index in [0.29, 0.717) is 24.0 Å². The van der Waals surface area contributed by atoms with Crippen LogP contribution in [0, 0.1) is 13.8 Å². The third-order valence-corrected chi connectivity index (χ3v) is 6.88. The highest BCUT2D eigenvalue weighted by Gasteiger charge is 2.47. The Kier molecular flexibility index (Phi) is 5.05. The summed E-state index contributed by atoms with van der Waals surface area (Å²) >= 11 is 0. The lowest BCUT2D eigenvalue weighted by molar-refractivity contribution is 0.0767. The summed E-state index contributed by atoms with van der Waals surface area (Å²) in [5.41, 5.74) is 3.60. The fourth-order valence-electron chi connectivity index (χ4n) is 4.50. The van der Waals surface area contributed by atoms with Crippen molar-refractivity contribution in [2.24, 2.45) is 0 Å². The lowest BCUT2D eigenvalue weighted by Gasteiger charge is -2.37. The number of phenolic OH excluding ortho intramolecular Hbond substituents is 1. The van der Waals surface area contributed by atoms with Crippen LogP contribution < -0.4 is 10.1 Å². The molecule has 1 amide bonds. The number of nitrogens with zero attached hydrogens (tertiary/aromatic N) is 2. The van der Waals surface area contributed by atoms with Crippen molar-refractivity contribution in [1.82, 2.24) is 15.2 Å². The van der Waals surface area contributed by atoms with Gasteiger partial charge >= 0.3 is 0 Å². The van der Waals surface area contributed by atoms with Gasteiger partial charge in [-0.2, -0.15) is 0 Å². The van der Waals surface area contributed by atoms with Crippen LogP contribution in [0.2, 0.25) is 0 Å². The Morgan fingerprint density at radius 2 is 2.03 bits per heavy atom. The molecule has 6 heteroatoms. The SMILES string of the molecule is Cc1ccc2c(C3(NC(=O)c4cc(OC[C@@H]5CCN5C)ccc4C)CC3)cc(O)cc2n1. The van der Waals surface area contributed by atoms with Gasteiger partial charge in [0.05, 0.1) is 11.1 Å². The molecular formula is C26H29N3O3. The highest BCUT2D eigenvalue weighted by molar-refractivity contribution is 5.97. The summed E-state index contributed by atoms with van der Waals surface area (Å²) in [6, 6.07) is 13.6. The summed E-state index contributed by atoms with van der Waals surface area (Å²) in [7, 11) is 2.10. The third-order valence-electron chi connectivity index (χ3n) is 6.88. The summed E-state index contributed by atoms with van der Waals surface area (Å²) in [6.45, 7) is 5.61. The number of carbonyl (C=O) groups is 1. The predicted octanol–water partition coefficient (Wildman–Crippen LogP) is 4.06. The Balaban J connectivity index is 1.39. The van der Waals surface area contributed by atoms with Crippen LogP contribution in [0.15, 0.2) is 42.5 Å². The van der Waals surface area contributed by atoms with Gasteiger partial charge in [-0.15, -0.1) is 0 Å². The molecule has 2 aliphatic rings. The maximum Gasteiger partial charge on any atom is 0.252 e. The van der Waals surface area contributed by atoms with Crippen LogP contribution in [0.4, 0.5) is 0 Å². The molecule has 2 aromatic carbocycles. The molecule has 32 heavy (non-hydrogen) atoms. The minimum absolute atomic E-state index is 0.122. The maximum atomic E-state index is 13.3. The molecule has 1 saturated carbocycles. The van der Waals surface area contributed by atoms with E-state index in [1.807, 2.05) is 44.2 Å². The van der Waals surface area contributed by atoms with Gasteiger partial charge in [-0.1, -0.05) is 12.1 Å². The fraction of sp³-hybridized carbons (Fsp3) is 0.385. The molecule has 2 heterocycles. The van der Waals surface area contributed by atoms with Gasteiger partial charge in [-0.3, -0.25) is 14.7 Å². The molecule has 0 bridgehead atoms. The minimum Gasteiger partial charge on any atom is -0.508 e. The average molecular weight is 432 g/mol. The second-order valence-corrected chi connectivity index (χ2v) is 9.26. The summed E-state index contributed by atoms with van der Waals surface area (Å²) in [5.74, 6) is 0.759. The van der Waals surface area contributed by atoms with E-state index >= 15 is 0 Å². The third kappa shape index (κ3) is 3.79. The first-order chi connectivity index (χ1) is 15.3. The molecule has 1 aromatic heterocycles. The van der Waals surface area contributed by atoms with Crippen LogP contribution in [0.25, 0.3) is 10.9 Å². The number of aromatic hydroxyl groups is 1. The highest BCUT2D eigenvalue weighted by atomic mass is 16.5. The van der Waals surface area contributed by atoms with Gasteiger partial charge in [0.2, 0.25) is 0 Å². The zero-order valence-electron chi connectivity index (χ0n) is 18.8. The molecule has 5 rings (SSSR count). The quantitative estimate of drug-likeness (QED) is 0.616. The zero-order chi connectivity index (χ0) is 22.5. The topological polar surface area (TPSA) is 74.7 Å². The number of aryl methyl sites for hydroxylation is 2. The molecule has 166 valence electrons. The van der Waals surface area contributed by atoms with Gasteiger partial charge in [0.25, 0.3) is 5.91 Å². The van der Waals surface area contributed by atoms with E-state index in [2.05, 4.69) is 22.2 Å². The summed E-state index contributed by atoms with van der Waals surface area (Å²) in [4.78, 5) is 20.2. The number of nitrogens with one attached hydrogen (secondary N) is 1. The van der Waals surface area contributed by atoms with Gasteiger partial charge in [0.1, 0.15) is 18.1 Å². The standard InChI is InChI=1S/C26H29N3O3/c1-16-4-6-20(32-15-18-8-11-29(18)3)14-22(16)25(31)28-26(9-10-26)23-12-19(30)13-24-21(23)7-5-17(2)27-24/h4-7,12-14,18,30H,8-11,15H2,1-3H3,(H,28,31)/t18-/m0/s1. The van der Waals surface area contributed by atoms with Crippen molar-refractivity contribution in [2.75, 3.05) is 20.2 Å². The number of hydrogen-bond donors (Lipinski definition) is 2. The smallest absolute Gasteiger partial charge is 0.252 e. The minimum atomic E-state index is -0.483. The maximum absolute atomic E-state index is 13.3. The van der Waals surface area contributed by atoms with Crippen molar-refractivity contribution in [2.45, 2.75) is 44.7 Å². The number of hydrogen-bond acceptors (Lipinski definition) is 5. The number of aromatic nitrogens is 1. The van der Waals surface area contributed by atoms with Crippen LogP contribution in [-0.2, 0) is 5.54 Å². The van der Waals surface area contributed by atoms with Crippen molar-refractivity contribution in [1.29, 1.82) is 0 Å². The summed E-state index contributed by atoms with van der Waals surface area (Å²) in [6.07, 6.45) is 2.80. The normalized spacial score (nSPS) is 19.4. The first-order valence-electron chi connectivity index (χ1n) is 11.2. The first kappa shape index (κ1) is 20.8. The first-order valence-corrected chi connectivity index (χ1v) is 11.2. The van der Waals surface area contributed by atoms with Crippen molar-refractivity contribution < 1.29 is 14.6 Å². The molecule has 1 saturated heterocycles. The highest BCUT2D eigenvalue weighted by Crippen LogP contribution is 2.49. The number of benzene rings is 2. The fourth-order valence-corrected chi connectivity index (χ4v) is 4.50. The number of likely N-dealkylation sites (tertiary alicyclic amines) is 1. The van der Waals surface area contributed by atoms with Crippen LogP contribution in [-0.4, -0.2) is 47.1 Å². The second kappa shape index (κ2) is 7.78. The zero-order valence-corrected chi connectivity index (χ0v) is 18.8. The number of fused-ring (bicyclic) bond motifs is 1. The number of likely N-dealkylation sites (N-methyl/N-ethyl adjacent to an activating group) is 1. The number of amides is 1. The van der Waals surface area contributed by atoms with E-state index in [4.69, 9.17) is 4.74 Å². The Morgan fingerprint density at radius 3 is 2.72 bits per heavy atom. The monoisotopic (exact) mass is 431 g/mol. The predicted molar refractivity (Wildman–Crippen MR) is 124 cm³/mol. The van der Waals surface area contributed by atoms with Crippen molar-refractivity contribution >= 4 is 16.8 Å². The van der Waals surface area contributed by atoms with E-state index in [9.17, 15) is 9.90 Å². The largest absolute Gasteiger partial charge is 0.508 e. The van der Waals surface area contributed by atoms with Crippen molar-refractivity contribution in [3.05, 3.63) is 64.8 Å². The lowest BCUT2D eigenvalue weighted by Crippen LogP contribution is -2.48. The molecule has 1 atom stereocenters. The van der Waals surface area contributed by atoms with Crippen LogP contribution >= 0.6 is 0 Å². The van der Waals surface area contributed by atoms with E-state index < -0.39 is 5.54 Å². The molecule has 1 aliphatic carbocycles. The molecular weight excluding hydrogens is 402 g/mol. The van der Waals surface area contributed by atoms with E-state index in [1.165, 1.54) is 0 Å². The van der Waals surface area contributed by atoms with Crippen LogP contribution in [0.1, 0.15) is 46.4 Å². The number of phenols is 1. The van der Waals surface area contributed by atoms with Gasteiger partial charge in [-0.25, -0.2) is 0 Å². The molecule has 3 aromatic rings. The van der Waals surface area contributed by atoms with E-state index in [1.54, 1.807) is 12.1 Å². The lowest BCUT2D eigenvalue weighted by atomic mass is 9.97. The van der Waals surface area contributed by atoms with Crippen molar-refractivity contribution in [3.8, 4) is 11.5 Å². The average Bonchev–Trinajstić information content (AvgIpc) is 3.53. The Hall–Kier alpha value is -3.12. The van der Waals surface area contributed by atoms with Crippen LogP contribution in [0.3, 0.4) is 0 Å². The molecule has 2 fully saturated rings. The van der Waals surface area contributed by atoms with Gasteiger partial charge in [-0.05, 0) is 82.1 Å².